The maximum atomic E-state index is 4.99. The van der Waals surface area contributed by atoms with Gasteiger partial charge in [0.05, 0.1) is 6.61 Å². The standard InChI is InChI=1S/C7H13NO.ClH/c1-9-6-7-2-4-8-5-3-7;/h2,8H,3-6H2,1H3;1H. The van der Waals surface area contributed by atoms with E-state index < -0.39 is 0 Å². The lowest BCUT2D eigenvalue weighted by Crippen LogP contribution is -2.21. The second kappa shape index (κ2) is 5.71. The van der Waals surface area contributed by atoms with Crippen LogP contribution in [0.1, 0.15) is 6.42 Å². The Kier molecular flexibility index (Phi) is 5.69. The molecule has 0 unspecified atom stereocenters. The van der Waals surface area contributed by atoms with E-state index in [0.717, 1.165) is 26.1 Å². The molecule has 60 valence electrons. The fourth-order valence-corrected chi connectivity index (χ4v) is 0.986. The fourth-order valence-electron chi connectivity index (χ4n) is 0.986. The third-order valence-electron chi connectivity index (χ3n) is 1.49. The average molecular weight is 164 g/mol. The summed E-state index contributed by atoms with van der Waals surface area (Å²) in [4.78, 5) is 0. The average Bonchev–Trinajstić information content (AvgIpc) is 1.91. The van der Waals surface area contributed by atoms with Crippen LogP contribution in [0.2, 0.25) is 0 Å². The zero-order valence-corrected chi connectivity index (χ0v) is 7.04. The SMILES string of the molecule is COCC1=CCNCC1.Cl. The molecular formula is C7H14ClNO. The van der Waals surface area contributed by atoms with Crippen LogP contribution in [0.25, 0.3) is 0 Å². The third-order valence-corrected chi connectivity index (χ3v) is 1.49. The first-order valence-corrected chi connectivity index (χ1v) is 3.31. The summed E-state index contributed by atoms with van der Waals surface area (Å²) in [5.41, 5.74) is 1.43. The molecule has 0 aromatic carbocycles. The summed E-state index contributed by atoms with van der Waals surface area (Å²) in [5.74, 6) is 0. The molecule has 1 aliphatic rings. The molecular weight excluding hydrogens is 150 g/mol. The van der Waals surface area contributed by atoms with E-state index in [1.54, 1.807) is 7.11 Å². The van der Waals surface area contributed by atoms with Gasteiger partial charge < -0.3 is 10.1 Å². The fraction of sp³-hybridized carbons (Fsp3) is 0.714. The van der Waals surface area contributed by atoms with Gasteiger partial charge in [-0.1, -0.05) is 6.08 Å². The number of hydrogen-bond acceptors (Lipinski definition) is 2. The van der Waals surface area contributed by atoms with Gasteiger partial charge in [-0.2, -0.15) is 0 Å². The zero-order valence-electron chi connectivity index (χ0n) is 6.22. The Bertz CT molecular complexity index is 114. The van der Waals surface area contributed by atoms with Crippen LogP contribution in [0.3, 0.4) is 0 Å². The van der Waals surface area contributed by atoms with Crippen LogP contribution in [0.4, 0.5) is 0 Å². The molecule has 0 aromatic heterocycles. The van der Waals surface area contributed by atoms with E-state index in [0.29, 0.717) is 0 Å². The van der Waals surface area contributed by atoms with E-state index in [1.165, 1.54) is 5.57 Å². The monoisotopic (exact) mass is 163 g/mol. The van der Waals surface area contributed by atoms with E-state index in [9.17, 15) is 0 Å². The summed E-state index contributed by atoms with van der Waals surface area (Å²) < 4.78 is 4.99. The van der Waals surface area contributed by atoms with E-state index in [4.69, 9.17) is 4.74 Å². The van der Waals surface area contributed by atoms with Gasteiger partial charge in [-0.15, -0.1) is 12.4 Å². The molecule has 0 aliphatic carbocycles. The van der Waals surface area contributed by atoms with E-state index in [2.05, 4.69) is 11.4 Å². The van der Waals surface area contributed by atoms with Crippen molar-refractivity contribution < 1.29 is 4.74 Å². The maximum Gasteiger partial charge on any atom is 0.0673 e. The minimum absolute atomic E-state index is 0. The number of ether oxygens (including phenoxy) is 1. The Hall–Kier alpha value is -0.0500. The molecule has 10 heavy (non-hydrogen) atoms. The summed E-state index contributed by atoms with van der Waals surface area (Å²) in [6.45, 7) is 2.93. The van der Waals surface area contributed by atoms with Crippen molar-refractivity contribution >= 4 is 12.4 Å². The molecule has 1 aliphatic heterocycles. The molecule has 0 amide bonds. The van der Waals surface area contributed by atoms with Gasteiger partial charge in [0.1, 0.15) is 0 Å². The quantitative estimate of drug-likeness (QED) is 0.613. The van der Waals surface area contributed by atoms with Crippen LogP contribution in [0.5, 0.6) is 0 Å². The molecule has 1 rings (SSSR count). The van der Waals surface area contributed by atoms with E-state index in [-0.39, 0.29) is 12.4 Å². The zero-order chi connectivity index (χ0) is 6.53. The lowest BCUT2D eigenvalue weighted by Gasteiger charge is -2.12. The van der Waals surface area contributed by atoms with Gasteiger partial charge in [0.25, 0.3) is 0 Å². The highest BCUT2D eigenvalue weighted by molar-refractivity contribution is 5.85. The molecule has 0 atom stereocenters. The van der Waals surface area contributed by atoms with Crippen LogP contribution < -0.4 is 5.32 Å². The number of rotatable bonds is 2. The predicted octanol–water partition coefficient (Wildman–Crippen LogP) is 0.974. The minimum atomic E-state index is 0. The van der Waals surface area contributed by atoms with Crippen molar-refractivity contribution in [1.29, 1.82) is 0 Å². The summed E-state index contributed by atoms with van der Waals surface area (Å²) >= 11 is 0. The molecule has 0 bridgehead atoms. The molecule has 1 N–H and O–H groups in total. The Morgan fingerprint density at radius 2 is 2.50 bits per heavy atom. The molecule has 0 spiro atoms. The second-order valence-corrected chi connectivity index (χ2v) is 2.25. The second-order valence-electron chi connectivity index (χ2n) is 2.25. The van der Waals surface area contributed by atoms with Gasteiger partial charge in [-0.3, -0.25) is 0 Å². The van der Waals surface area contributed by atoms with E-state index >= 15 is 0 Å². The third kappa shape index (κ3) is 3.20. The molecule has 0 radical (unpaired) electrons. The van der Waals surface area contributed by atoms with Crippen molar-refractivity contribution in [3.63, 3.8) is 0 Å². The normalized spacial score (nSPS) is 17.5. The Morgan fingerprint density at radius 3 is 3.00 bits per heavy atom. The van der Waals surface area contributed by atoms with Gasteiger partial charge in [-0.05, 0) is 18.5 Å². The highest BCUT2D eigenvalue weighted by atomic mass is 35.5. The van der Waals surface area contributed by atoms with Gasteiger partial charge in [-0.25, -0.2) is 0 Å². The molecule has 0 saturated heterocycles. The Balaban J connectivity index is 0.000000810. The van der Waals surface area contributed by atoms with Crippen molar-refractivity contribution in [2.75, 3.05) is 26.8 Å². The first-order valence-electron chi connectivity index (χ1n) is 3.31. The number of hydrogen-bond donors (Lipinski definition) is 1. The first kappa shape index (κ1) is 9.95. The van der Waals surface area contributed by atoms with Crippen LogP contribution in [-0.2, 0) is 4.74 Å². The number of methoxy groups -OCH3 is 1. The van der Waals surface area contributed by atoms with E-state index in [1.807, 2.05) is 0 Å². The lowest BCUT2D eigenvalue weighted by molar-refractivity contribution is 0.221. The highest BCUT2D eigenvalue weighted by Crippen LogP contribution is 2.02. The minimum Gasteiger partial charge on any atom is -0.380 e. The van der Waals surface area contributed by atoms with Crippen molar-refractivity contribution in [3.05, 3.63) is 11.6 Å². The highest BCUT2D eigenvalue weighted by Gasteiger charge is 2.00. The Morgan fingerprint density at radius 1 is 1.70 bits per heavy atom. The van der Waals surface area contributed by atoms with Gasteiger partial charge in [0.2, 0.25) is 0 Å². The van der Waals surface area contributed by atoms with Crippen LogP contribution in [0, 0.1) is 0 Å². The molecule has 1 heterocycles. The first-order chi connectivity index (χ1) is 4.43. The maximum absolute atomic E-state index is 4.99. The van der Waals surface area contributed by atoms with Gasteiger partial charge >= 0.3 is 0 Å². The predicted molar refractivity (Wildman–Crippen MR) is 44.7 cm³/mol. The largest absolute Gasteiger partial charge is 0.380 e. The van der Waals surface area contributed by atoms with Crippen LogP contribution in [-0.4, -0.2) is 26.8 Å². The van der Waals surface area contributed by atoms with Crippen molar-refractivity contribution in [1.82, 2.24) is 5.32 Å². The molecule has 3 heteroatoms. The number of halogens is 1. The summed E-state index contributed by atoms with van der Waals surface area (Å²) in [6.07, 6.45) is 3.35. The molecule has 0 aromatic rings. The summed E-state index contributed by atoms with van der Waals surface area (Å²) in [5, 5.41) is 3.24. The lowest BCUT2D eigenvalue weighted by atomic mass is 10.1. The van der Waals surface area contributed by atoms with Gasteiger partial charge in [0.15, 0.2) is 0 Å². The van der Waals surface area contributed by atoms with Crippen molar-refractivity contribution in [2.45, 2.75) is 6.42 Å². The smallest absolute Gasteiger partial charge is 0.0673 e. The van der Waals surface area contributed by atoms with Gasteiger partial charge in [0, 0.05) is 13.7 Å². The van der Waals surface area contributed by atoms with Crippen molar-refractivity contribution in [3.8, 4) is 0 Å². The molecule has 2 nitrogen and oxygen atoms in total. The Labute approximate surface area is 68.0 Å². The van der Waals surface area contributed by atoms with Crippen LogP contribution in [0.15, 0.2) is 11.6 Å². The molecule has 0 saturated carbocycles. The number of nitrogens with one attached hydrogen (secondary N) is 1. The van der Waals surface area contributed by atoms with Crippen molar-refractivity contribution in [2.24, 2.45) is 0 Å². The topological polar surface area (TPSA) is 21.3 Å². The molecule has 0 fully saturated rings. The van der Waals surface area contributed by atoms with Crippen LogP contribution >= 0.6 is 12.4 Å². The summed E-state index contributed by atoms with van der Waals surface area (Å²) in [7, 11) is 1.74. The summed E-state index contributed by atoms with van der Waals surface area (Å²) in [6, 6.07) is 0.